The fraction of sp³-hybridized carbons (Fsp3) is 0.375. The van der Waals surface area contributed by atoms with E-state index in [0.29, 0.717) is 6.54 Å². The molecule has 0 saturated carbocycles. The number of carbonyl (C=O) groups is 3. The van der Waals surface area contributed by atoms with E-state index in [9.17, 15) is 18.8 Å². The van der Waals surface area contributed by atoms with Crippen molar-refractivity contribution in [2.75, 3.05) is 16.8 Å². The molecule has 4 heterocycles. The van der Waals surface area contributed by atoms with Gasteiger partial charge in [0, 0.05) is 17.3 Å². The largest absolute Gasteiger partial charge is 0.324 e. The summed E-state index contributed by atoms with van der Waals surface area (Å²) in [5.41, 5.74) is 2.46. The van der Waals surface area contributed by atoms with Gasteiger partial charge in [-0.25, -0.2) is 9.29 Å². The van der Waals surface area contributed by atoms with Gasteiger partial charge in [-0.2, -0.15) is 0 Å². The lowest BCUT2D eigenvalue weighted by atomic mass is 9.75. The molecule has 6 nitrogen and oxygen atoms in total. The van der Waals surface area contributed by atoms with Gasteiger partial charge >= 0.3 is 0 Å². The van der Waals surface area contributed by atoms with Crippen molar-refractivity contribution in [1.29, 1.82) is 0 Å². The summed E-state index contributed by atoms with van der Waals surface area (Å²) in [5.74, 6) is -3.12. The SMILES string of the molecule is Cc1cc(C)c2c(c1)[C@]1(C(=O)N2)[C@@H]2C(=O)N(c3ccc(F)c(Cl)c3)C(=O)[C@@H]2[C@@H]2CCCN21. The Bertz CT molecular complexity index is 1250. The Labute approximate surface area is 189 Å². The van der Waals surface area contributed by atoms with Crippen LogP contribution in [-0.2, 0) is 19.9 Å². The van der Waals surface area contributed by atoms with E-state index in [1.54, 1.807) is 0 Å². The summed E-state index contributed by atoms with van der Waals surface area (Å²) in [6.45, 7) is 4.56. The Hall–Kier alpha value is -2.77. The molecule has 8 heteroatoms. The smallest absolute Gasteiger partial charge is 0.250 e. The molecule has 4 aliphatic heterocycles. The molecule has 6 rings (SSSR count). The predicted molar refractivity (Wildman–Crippen MR) is 117 cm³/mol. The second-order valence-corrected chi connectivity index (χ2v) is 9.65. The summed E-state index contributed by atoms with van der Waals surface area (Å²) >= 11 is 5.95. The van der Waals surface area contributed by atoms with E-state index in [4.69, 9.17) is 11.6 Å². The summed E-state index contributed by atoms with van der Waals surface area (Å²) in [6.07, 6.45) is 1.60. The molecular weight excluding hydrogens is 433 g/mol. The second kappa shape index (κ2) is 6.39. The molecule has 2 aromatic carbocycles. The quantitative estimate of drug-likeness (QED) is 0.671. The number of imide groups is 1. The Morgan fingerprint density at radius 2 is 1.91 bits per heavy atom. The topological polar surface area (TPSA) is 69.7 Å². The first-order chi connectivity index (χ1) is 15.3. The third-order valence-electron chi connectivity index (χ3n) is 7.60. The zero-order valence-corrected chi connectivity index (χ0v) is 18.4. The molecule has 4 aliphatic rings. The highest BCUT2D eigenvalue weighted by Crippen LogP contribution is 2.61. The number of rotatable bonds is 1. The van der Waals surface area contributed by atoms with Gasteiger partial charge in [0.15, 0.2) is 0 Å². The standard InChI is InChI=1S/C24H21ClFN3O3/c1-11-8-12(2)20-14(9-11)24(23(32)27-20)19-18(17-4-3-7-28(17)24)21(30)29(22(19)31)13-5-6-16(26)15(25)10-13/h5-6,8-10,17-19H,3-4,7H2,1-2H3,(H,27,32)/t17-,18+,19-,24+/m0/s1. The Kier molecular flexibility index (Phi) is 3.97. The van der Waals surface area contributed by atoms with Crippen LogP contribution in [0.2, 0.25) is 5.02 Å². The summed E-state index contributed by atoms with van der Waals surface area (Å²) in [4.78, 5) is 44.4. The van der Waals surface area contributed by atoms with Gasteiger partial charge in [0.1, 0.15) is 11.4 Å². The second-order valence-electron chi connectivity index (χ2n) is 9.24. The normalized spacial score (nSPS) is 30.8. The van der Waals surface area contributed by atoms with Crippen LogP contribution < -0.4 is 10.2 Å². The average Bonchev–Trinajstić information content (AvgIpc) is 3.44. The monoisotopic (exact) mass is 453 g/mol. The third-order valence-corrected chi connectivity index (χ3v) is 7.89. The molecule has 164 valence electrons. The van der Waals surface area contributed by atoms with Gasteiger partial charge in [0.25, 0.3) is 0 Å². The van der Waals surface area contributed by atoms with Crippen molar-refractivity contribution in [3.63, 3.8) is 0 Å². The maximum Gasteiger partial charge on any atom is 0.250 e. The summed E-state index contributed by atoms with van der Waals surface area (Å²) in [7, 11) is 0. The van der Waals surface area contributed by atoms with Gasteiger partial charge in [-0.1, -0.05) is 29.3 Å². The number of hydrogen-bond donors (Lipinski definition) is 1. The third kappa shape index (κ3) is 2.20. The molecule has 32 heavy (non-hydrogen) atoms. The van der Waals surface area contributed by atoms with Crippen LogP contribution in [-0.4, -0.2) is 35.2 Å². The lowest BCUT2D eigenvalue weighted by molar-refractivity contribution is -0.135. The van der Waals surface area contributed by atoms with E-state index in [1.807, 2.05) is 26.0 Å². The minimum absolute atomic E-state index is 0.160. The Balaban J connectivity index is 1.57. The summed E-state index contributed by atoms with van der Waals surface area (Å²) in [6, 6.07) is 7.59. The molecule has 0 aromatic heterocycles. The first kappa shape index (κ1) is 19.9. The molecule has 3 fully saturated rings. The van der Waals surface area contributed by atoms with Crippen molar-refractivity contribution in [3.05, 3.63) is 57.9 Å². The number of carbonyl (C=O) groups excluding carboxylic acids is 3. The number of benzene rings is 2. The van der Waals surface area contributed by atoms with Crippen LogP contribution in [0.15, 0.2) is 30.3 Å². The zero-order valence-electron chi connectivity index (χ0n) is 17.6. The van der Waals surface area contributed by atoms with Crippen molar-refractivity contribution >= 4 is 40.7 Å². The highest BCUT2D eigenvalue weighted by Gasteiger charge is 2.74. The number of amides is 3. The van der Waals surface area contributed by atoms with E-state index in [-0.39, 0.29) is 28.6 Å². The van der Waals surface area contributed by atoms with Crippen LogP contribution >= 0.6 is 11.6 Å². The van der Waals surface area contributed by atoms with Gasteiger partial charge in [-0.05, 0) is 57.0 Å². The Morgan fingerprint density at radius 3 is 2.66 bits per heavy atom. The van der Waals surface area contributed by atoms with E-state index in [2.05, 4.69) is 10.2 Å². The van der Waals surface area contributed by atoms with Crippen molar-refractivity contribution in [2.45, 2.75) is 38.3 Å². The minimum atomic E-state index is -1.22. The molecular formula is C24H21ClFN3O3. The van der Waals surface area contributed by atoms with Crippen molar-refractivity contribution < 1.29 is 18.8 Å². The molecule has 3 amide bonds. The zero-order chi connectivity index (χ0) is 22.5. The fourth-order valence-electron chi connectivity index (χ4n) is 6.54. The first-order valence-corrected chi connectivity index (χ1v) is 11.2. The molecule has 4 atom stereocenters. The highest BCUT2D eigenvalue weighted by atomic mass is 35.5. The van der Waals surface area contributed by atoms with Crippen LogP contribution in [0.1, 0.15) is 29.5 Å². The average molecular weight is 454 g/mol. The Morgan fingerprint density at radius 1 is 1.12 bits per heavy atom. The summed E-state index contributed by atoms with van der Waals surface area (Å²) < 4.78 is 13.7. The molecule has 3 saturated heterocycles. The van der Waals surface area contributed by atoms with E-state index < -0.39 is 29.1 Å². The number of nitrogens with zero attached hydrogens (tertiary/aromatic N) is 2. The number of fused-ring (bicyclic) bond motifs is 7. The van der Waals surface area contributed by atoms with Crippen LogP contribution in [0.25, 0.3) is 0 Å². The molecule has 0 radical (unpaired) electrons. The van der Waals surface area contributed by atoms with Gasteiger partial charge in [-0.3, -0.25) is 19.3 Å². The van der Waals surface area contributed by atoms with Crippen LogP contribution in [0.4, 0.5) is 15.8 Å². The van der Waals surface area contributed by atoms with Crippen molar-refractivity contribution in [1.82, 2.24) is 4.90 Å². The van der Waals surface area contributed by atoms with Gasteiger partial charge in [-0.15, -0.1) is 0 Å². The molecule has 1 N–H and O–H groups in total. The van der Waals surface area contributed by atoms with Crippen LogP contribution in [0.3, 0.4) is 0 Å². The van der Waals surface area contributed by atoms with Gasteiger partial charge in [0.05, 0.1) is 22.5 Å². The maximum absolute atomic E-state index is 13.9. The predicted octanol–water partition coefficient (Wildman–Crippen LogP) is 3.53. The number of halogens is 2. The maximum atomic E-state index is 13.9. The highest BCUT2D eigenvalue weighted by molar-refractivity contribution is 6.32. The van der Waals surface area contributed by atoms with Gasteiger partial charge in [0.2, 0.25) is 17.7 Å². The molecule has 0 aliphatic carbocycles. The van der Waals surface area contributed by atoms with E-state index in [1.165, 1.54) is 12.1 Å². The fourth-order valence-corrected chi connectivity index (χ4v) is 6.71. The van der Waals surface area contributed by atoms with E-state index in [0.717, 1.165) is 46.2 Å². The van der Waals surface area contributed by atoms with Crippen molar-refractivity contribution in [2.24, 2.45) is 11.8 Å². The molecule has 2 aromatic rings. The lowest BCUT2D eigenvalue weighted by Gasteiger charge is -2.36. The van der Waals surface area contributed by atoms with Crippen LogP contribution in [0.5, 0.6) is 0 Å². The number of anilines is 2. The molecule has 0 unspecified atom stereocenters. The number of hydrogen-bond acceptors (Lipinski definition) is 4. The molecule has 0 bridgehead atoms. The number of aryl methyl sites for hydroxylation is 2. The lowest BCUT2D eigenvalue weighted by Crippen LogP contribution is -2.54. The minimum Gasteiger partial charge on any atom is -0.324 e. The van der Waals surface area contributed by atoms with Crippen LogP contribution in [0, 0.1) is 31.5 Å². The first-order valence-electron chi connectivity index (χ1n) is 10.8. The summed E-state index contributed by atoms with van der Waals surface area (Å²) in [5, 5.41) is 2.86. The molecule has 1 spiro atoms. The number of nitrogens with one attached hydrogen (secondary N) is 1. The van der Waals surface area contributed by atoms with E-state index >= 15 is 0 Å². The van der Waals surface area contributed by atoms with Crippen molar-refractivity contribution in [3.8, 4) is 0 Å². The van der Waals surface area contributed by atoms with Gasteiger partial charge < -0.3 is 5.32 Å².